The van der Waals surface area contributed by atoms with Gasteiger partial charge in [-0.15, -0.1) is 13.2 Å². The fourth-order valence-electron chi connectivity index (χ4n) is 2.57. The molecule has 8 heteroatoms. The molecule has 0 aliphatic carbocycles. The molecule has 2 aromatic carbocycles. The Hall–Kier alpha value is -2.06. The zero-order valence-electron chi connectivity index (χ0n) is 14.2. The number of hydrogen-bond donors (Lipinski definition) is 0. The van der Waals surface area contributed by atoms with E-state index in [9.17, 15) is 13.2 Å². The molecule has 26 heavy (non-hydrogen) atoms. The number of likely N-dealkylation sites (N-methyl/N-ethyl adjacent to an activating group) is 1. The van der Waals surface area contributed by atoms with Gasteiger partial charge in [-0.25, -0.2) is 0 Å². The Morgan fingerprint density at radius 3 is 2.00 bits per heavy atom. The Kier molecular flexibility index (Phi) is 5.83. The van der Waals surface area contributed by atoms with E-state index in [0.29, 0.717) is 10.6 Å². The fraction of sp³-hybridized carbons (Fsp3) is 0.333. The monoisotopic (exact) mass is 384 g/mol. The van der Waals surface area contributed by atoms with Crippen molar-refractivity contribution in [3.05, 3.63) is 48.5 Å². The molecule has 0 spiro atoms. The van der Waals surface area contributed by atoms with E-state index in [1.807, 2.05) is 24.3 Å². The van der Waals surface area contributed by atoms with Crippen LogP contribution in [0.4, 0.5) is 18.9 Å². The minimum Gasteiger partial charge on any atom is -0.421 e. The standard InChI is InChI=1S/C18H19F3N2O2S/c1-22-10-12-23(13-11-22)14-2-4-16(5-3-14)25-26-17-8-6-15(7-9-17)24-18(19,20)21/h2-9H,10-13H2,1H3. The van der Waals surface area contributed by atoms with Crippen LogP contribution in [0, 0.1) is 0 Å². The highest BCUT2D eigenvalue weighted by Gasteiger charge is 2.30. The third kappa shape index (κ3) is 5.47. The largest absolute Gasteiger partial charge is 0.573 e. The number of hydrogen-bond acceptors (Lipinski definition) is 5. The summed E-state index contributed by atoms with van der Waals surface area (Å²) in [4.78, 5) is 5.31. The van der Waals surface area contributed by atoms with Gasteiger partial charge in [0.15, 0.2) is 0 Å². The molecule has 2 aromatic rings. The van der Waals surface area contributed by atoms with Gasteiger partial charge in [0.1, 0.15) is 11.5 Å². The summed E-state index contributed by atoms with van der Waals surface area (Å²) in [6, 6.07) is 13.4. The lowest BCUT2D eigenvalue weighted by Crippen LogP contribution is -2.44. The Labute approximate surface area is 154 Å². The normalized spacial score (nSPS) is 15.8. The molecular weight excluding hydrogens is 365 g/mol. The van der Waals surface area contributed by atoms with Crippen molar-refractivity contribution < 1.29 is 22.1 Å². The lowest BCUT2D eigenvalue weighted by Gasteiger charge is -2.34. The Balaban J connectivity index is 1.52. The molecule has 0 radical (unpaired) electrons. The van der Waals surface area contributed by atoms with E-state index in [4.69, 9.17) is 4.18 Å². The van der Waals surface area contributed by atoms with Crippen LogP contribution in [0.25, 0.3) is 0 Å². The second-order valence-corrected chi connectivity index (χ2v) is 6.77. The molecule has 1 aliphatic rings. The van der Waals surface area contributed by atoms with Crippen molar-refractivity contribution in [2.75, 3.05) is 38.1 Å². The summed E-state index contributed by atoms with van der Waals surface area (Å²) in [5.41, 5.74) is 1.16. The van der Waals surface area contributed by atoms with Crippen LogP contribution in [-0.4, -0.2) is 44.5 Å². The summed E-state index contributed by atoms with van der Waals surface area (Å²) < 4.78 is 45.9. The molecule has 1 saturated heterocycles. The Morgan fingerprint density at radius 1 is 0.846 bits per heavy atom. The van der Waals surface area contributed by atoms with E-state index in [2.05, 4.69) is 21.6 Å². The molecule has 1 fully saturated rings. The van der Waals surface area contributed by atoms with E-state index in [1.165, 1.54) is 24.3 Å². The van der Waals surface area contributed by atoms with Crippen LogP contribution in [0.1, 0.15) is 0 Å². The van der Waals surface area contributed by atoms with E-state index >= 15 is 0 Å². The van der Waals surface area contributed by atoms with Crippen LogP contribution in [0.5, 0.6) is 11.5 Å². The van der Waals surface area contributed by atoms with Crippen molar-refractivity contribution in [1.29, 1.82) is 0 Å². The number of piperazine rings is 1. The van der Waals surface area contributed by atoms with Gasteiger partial charge in [-0.2, -0.15) is 0 Å². The molecule has 0 saturated carbocycles. The van der Waals surface area contributed by atoms with Gasteiger partial charge in [0.25, 0.3) is 0 Å². The van der Waals surface area contributed by atoms with Crippen LogP contribution < -0.4 is 13.8 Å². The highest BCUT2D eigenvalue weighted by molar-refractivity contribution is 7.95. The van der Waals surface area contributed by atoms with Crippen molar-refractivity contribution >= 4 is 17.7 Å². The maximum atomic E-state index is 12.1. The number of alkyl halides is 3. The SMILES string of the molecule is CN1CCN(c2ccc(OSc3ccc(OC(F)(F)F)cc3)cc2)CC1. The average Bonchev–Trinajstić information content (AvgIpc) is 2.61. The molecule has 0 aromatic heterocycles. The third-order valence-electron chi connectivity index (χ3n) is 4.00. The zero-order valence-corrected chi connectivity index (χ0v) is 15.0. The van der Waals surface area contributed by atoms with Crippen LogP contribution in [0.3, 0.4) is 0 Å². The predicted octanol–water partition coefficient (Wildman–Crippen LogP) is 4.42. The molecule has 0 bridgehead atoms. The summed E-state index contributed by atoms with van der Waals surface area (Å²) in [6.45, 7) is 4.08. The second-order valence-electron chi connectivity index (χ2n) is 5.97. The van der Waals surface area contributed by atoms with Crippen molar-refractivity contribution in [1.82, 2.24) is 4.90 Å². The van der Waals surface area contributed by atoms with Gasteiger partial charge < -0.3 is 18.7 Å². The molecule has 0 N–H and O–H groups in total. The molecule has 1 aliphatic heterocycles. The quantitative estimate of drug-likeness (QED) is 0.711. The molecule has 0 amide bonds. The van der Waals surface area contributed by atoms with Gasteiger partial charge in [-0.3, -0.25) is 0 Å². The number of halogens is 3. The molecular formula is C18H19F3N2O2S. The van der Waals surface area contributed by atoms with Gasteiger partial charge in [0.2, 0.25) is 0 Å². The van der Waals surface area contributed by atoms with Crippen molar-refractivity contribution in [3.8, 4) is 11.5 Å². The lowest BCUT2D eigenvalue weighted by molar-refractivity contribution is -0.274. The first-order valence-electron chi connectivity index (χ1n) is 8.13. The van der Waals surface area contributed by atoms with Crippen LogP contribution in [0.15, 0.2) is 53.4 Å². The Morgan fingerprint density at radius 2 is 1.42 bits per heavy atom. The summed E-state index contributed by atoms with van der Waals surface area (Å²) >= 11 is 1.08. The molecule has 1 heterocycles. The zero-order chi connectivity index (χ0) is 18.6. The van der Waals surface area contributed by atoms with Gasteiger partial charge in [0, 0.05) is 36.8 Å². The third-order valence-corrected chi connectivity index (χ3v) is 4.74. The van der Waals surface area contributed by atoms with E-state index in [1.54, 1.807) is 0 Å². The number of ether oxygens (including phenoxy) is 1. The highest BCUT2D eigenvalue weighted by Crippen LogP contribution is 2.29. The maximum Gasteiger partial charge on any atom is 0.573 e. The van der Waals surface area contributed by atoms with Crippen LogP contribution >= 0.6 is 12.0 Å². The lowest BCUT2D eigenvalue weighted by atomic mass is 10.2. The van der Waals surface area contributed by atoms with Crippen molar-refractivity contribution in [2.24, 2.45) is 0 Å². The molecule has 140 valence electrons. The van der Waals surface area contributed by atoms with Crippen LogP contribution in [-0.2, 0) is 0 Å². The van der Waals surface area contributed by atoms with Gasteiger partial charge in [-0.05, 0) is 55.6 Å². The summed E-state index contributed by atoms with van der Waals surface area (Å²) in [5.74, 6) is 0.432. The molecule has 0 unspecified atom stereocenters. The fourth-order valence-corrected chi connectivity index (χ4v) is 3.12. The maximum absolute atomic E-state index is 12.1. The van der Waals surface area contributed by atoms with Gasteiger partial charge >= 0.3 is 6.36 Å². The predicted molar refractivity (Wildman–Crippen MR) is 95.8 cm³/mol. The van der Waals surface area contributed by atoms with Crippen molar-refractivity contribution in [3.63, 3.8) is 0 Å². The minimum atomic E-state index is -4.68. The molecule has 4 nitrogen and oxygen atoms in total. The second kappa shape index (κ2) is 8.09. The summed E-state index contributed by atoms with van der Waals surface area (Å²) in [5, 5.41) is 0. The Bertz CT molecular complexity index is 700. The van der Waals surface area contributed by atoms with Gasteiger partial charge in [-0.1, -0.05) is 0 Å². The van der Waals surface area contributed by atoms with E-state index < -0.39 is 6.36 Å². The van der Waals surface area contributed by atoms with Crippen LogP contribution in [0.2, 0.25) is 0 Å². The first-order valence-corrected chi connectivity index (χ1v) is 8.87. The first kappa shape index (κ1) is 18.7. The van der Waals surface area contributed by atoms with E-state index in [-0.39, 0.29) is 5.75 Å². The number of anilines is 1. The van der Waals surface area contributed by atoms with Gasteiger partial charge in [0.05, 0.1) is 12.0 Å². The molecule has 3 rings (SSSR count). The smallest absolute Gasteiger partial charge is 0.421 e. The molecule has 0 atom stereocenters. The minimum absolute atomic E-state index is 0.252. The van der Waals surface area contributed by atoms with Crippen molar-refractivity contribution in [2.45, 2.75) is 11.3 Å². The first-order chi connectivity index (χ1) is 12.4. The highest BCUT2D eigenvalue weighted by atomic mass is 32.2. The number of nitrogens with zero attached hydrogens (tertiary/aromatic N) is 2. The topological polar surface area (TPSA) is 24.9 Å². The van der Waals surface area contributed by atoms with E-state index in [0.717, 1.165) is 43.9 Å². The number of benzene rings is 2. The summed E-state index contributed by atoms with van der Waals surface area (Å²) in [6.07, 6.45) is -4.68. The number of rotatable bonds is 5. The summed E-state index contributed by atoms with van der Waals surface area (Å²) in [7, 11) is 2.12. The average molecular weight is 384 g/mol.